The first-order chi connectivity index (χ1) is 10.2. The first-order valence-electron chi connectivity index (χ1n) is 7.38. The summed E-state index contributed by atoms with van der Waals surface area (Å²) in [6.07, 6.45) is 4.88. The highest BCUT2D eigenvalue weighted by atomic mass is 19.1. The Bertz CT molecular complexity index is 647. The van der Waals surface area contributed by atoms with Crippen molar-refractivity contribution in [1.29, 1.82) is 0 Å². The van der Waals surface area contributed by atoms with Crippen molar-refractivity contribution in [2.75, 3.05) is 24.2 Å². The molecule has 1 aliphatic carbocycles. The number of hydrogen-bond acceptors (Lipinski definition) is 4. The minimum atomic E-state index is -0.378. The number of rotatable bonds is 4. The zero-order valence-electron chi connectivity index (χ0n) is 11.8. The average molecular weight is 289 g/mol. The molecule has 1 aromatic heterocycles. The molecule has 1 saturated carbocycles. The fraction of sp³-hybridized carbons (Fsp3) is 0.438. The number of nitrogens with two attached hydrogens (primary N) is 1. The second-order valence-electron chi connectivity index (χ2n) is 5.74. The fourth-order valence-electron chi connectivity index (χ4n) is 3.26. The number of benzene rings is 1. The summed E-state index contributed by atoms with van der Waals surface area (Å²) >= 11 is 0. The van der Waals surface area contributed by atoms with Crippen molar-refractivity contribution in [3.63, 3.8) is 0 Å². The van der Waals surface area contributed by atoms with Gasteiger partial charge in [0.15, 0.2) is 5.82 Å². The van der Waals surface area contributed by atoms with Gasteiger partial charge in [0.05, 0.1) is 11.2 Å². The number of pyridine rings is 1. The van der Waals surface area contributed by atoms with Crippen LogP contribution in [0.5, 0.6) is 0 Å². The zero-order chi connectivity index (χ0) is 14.8. The van der Waals surface area contributed by atoms with Crippen LogP contribution in [0.25, 0.3) is 10.9 Å². The van der Waals surface area contributed by atoms with Gasteiger partial charge in [0.2, 0.25) is 0 Å². The Morgan fingerprint density at radius 3 is 3.00 bits per heavy atom. The normalized spacial score (nSPS) is 21.8. The van der Waals surface area contributed by atoms with Crippen LogP contribution < -0.4 is 11.1 Å². The molecule has 4 N–H and O–H groups in total. The lowest BCUT2D eigenvalue weighted by atomic mass is 9.97. The van der Waals surface area contributed by atoms with Gasteiger partial charge in [0, 0.05) is 30.4 Å². The molecule has 0 aliphatic heterocycles. The highest BCUT2D eigenvalue weighted by molar-refractivity contribution is 5.98. The Kier molecular flexibility index (Phi) is 3.92. The Labute approximate surface area is 123 Å². The van der Waals surface area contributed by atoms with Gasteiger partial charge < -0.3 is 16.2 Å². The zero-order valence-corrected chi connectivity index (χ0v) is 11.8. The number of halogens is 1. The topological polar surface area (TPSA) is 71.2 Å². The lowest BCUT2D eigenvalue weighted by Crippen LogP contribution is -2.21. The van der Waals surface area contributed by atoms with E-state index in [1.54, 1.807) is 12.3 Å². The Morgan fingerprint density at radius 2 is 2.19 bits per heavy atom. The maximum Gasteiger partial charge on any atom is 0.150 e. The predicted molar refractivity (Wildman–Crippen MR) is 82.5 cm³/mol. The van der Waals surface area contributed by atoms with E-state index in [0.29, 0.717) is 35.3 Å². The van der Waals surface area contributed by atoms with Crippen LogP contribution in [0.4, 0.5) is 15.8 Å². The van der Waals surface area contributed by atoms with Crippen LogP contribution in [0.15, 0.2) is 24.4 Å². The summed E-state index contributed by atoms with van der Waals surface area (Å²) in [5.41, 5.74) is 7.21. The molecule has 5 heteroatoms. The van der Waals surface area contributed by atoms with E-state index >= 15 is 0 Å². The Balaban J connectivity index is 1.87. The quantitative estimate of drug-likeness (QED) is 0.757. The number of aliphatic hydroxyl groups excluding tert-OH is 1. The number of fused-ring (bicyclic) bond motifs is 1. The molecule has 2 atom stereocenters. The molecule has 0 radical (unpaired) electrons. The van der Waals surface area contributed by atoms with Crippen LogP contribution in [0.3, 0.4) is 0 Å². The monoisotopic (exact) mass is 289 g/mol. The molecular weight excluding hydrogens is 269 g/mol. The van der Waals surface area contributed by atoms with Crippen molar-refractivity contribution < 1.29 is 9.50 Å². The molecule has 2 aromatic rings. The van der Waals surface area contributed by atoms with Gasteiger partial charge in [-0.05, 0) is 42.9 Å². The van der Waals surface area contributed by atoms with E-state index in [4.69, 9.17) is 5.73 Å². The summed E-state index contributed by atoms with van der Waals surface area (Å²) in [5, 5.41) is 13.3. The molecule has 0 saturated heterocycles. The number of nitrogens with one attached hydrogen (secondary N) is 1. The molecule has 4 nitrogen and oxygen atoms in total. The number of nitrogen functional groups attached to an aromatic ring is 1. The summed E-state index contributed by atoms with van der Waals surface area (Å²) in [6.45, 7) is 0.854. The van der Waals surface area contributed by atoms with Gasteiger partial charge in [0.25, 0.3) is 0 Å². The van der Waals surface area contributed by atoms with Gasteiger partial charge in [-0.25, -0.2) is 4.39 Å². The summed E-state index contributed by atoms with van der Waals surface area (Å²) < 4.78 is 14.2. The molecule has 0 amide bonds. The fourth-order valence-corrected chi connectivity index (χ4v) is 3.26. The summed E-state index contributed by atoms with van der Waals surface area (Å²) in [5.74, 6) is 0.316. The van der Waals surface area contributed by atoms with Gasteiger partial charge in [-0.3, -0.25) is 4.98 Å². The number of anilines is 2. The van der Waals surface area contributed by atoms with E-state index in [-0.39, 0.29) is 12.4 Å². The maximum absolute atomic E-state index is 14.2. The molecule has 3 rings (SSSR count). The minimum Gasteiger partial charge on any atom is -0.398 e. The Morgan fingerprint density at radius 1 is 1.38 bits per heavy atom. The smallest absolute Gasteiger partial charge is 0.150 e. The van der Waals surface area contributed by atoms with Crippen LogP contribution in [-0.2, 0) is 0 Å². The first-order valence-corrected chi connectivity index (χ1v) is 7.38. The van der Waals surface area contributed by atoms with Crippen molar-refractivity contribution >= 4 is 22.3 Å². The molecule has 1 fully saturated rings. The standard InChI is InChI=1S/C16H20FN3O/c17-13-7-14(18)12-5-2-6-19-15(12)16(13)20-8-10-3-1-4-11(10)9-21/h2,5-7,10-11,20-21H,1,3-4,8-9,18H2. The second-order valence-corrected chi connectivity index (χ2v) is 5.74. The van der Waals surface area contributed by atoms with E-state index < -0.39 is 0 Å². The van der Waals surface area contributed by atoms with Crippen molar-refractivity contribution in [2.24, 2.45) is 11.8 Å². The molecule has 0 bridgehead atoms. The molecule has 112 valence electrons. The van der Waals surface area contributed by atoms with E-state index in [0.717, 1.165) is 24.6 Å². The minimum absolute atomic E-state index is 0.204. The van der Waals surface area contributed by atoms with Crippen molar-refractivity contribution in [3.8, 4) is 0 Å². The highest BCUT2D eigenvalue weighted by Crippen LogP contribution is 2.33. The van der Waals surface area contributed by atoms with E-state index in [9.17, 15) is 9.50 Å². The lowest BCUT2D eigenvalue weighted by Gasteiger charge is -2.19. The highest BCUT2D eigenvalue weighted by Gasteiger charge is 2.26. The third-order valence-corrected chi connectivity index (χ3v) is 4.47. The third-order valence-electron chi connectivity index (χ3n) is 4.47. The van der Waals surface area contributed by atoms with Crippen LogP contribution in [-0.4, -0.2) is 23.2 Å². The van der Waals surface area contributed by atoms with Gasteiger partial charge in [-0.2, -0.15) is 0 Å². The molecule has 1 aromatic carbocycles. The summed E-state index contributed by atoms with van der Waals surface area (Å²) in [6, 6.07) is 4.97. The van der Waals surface area contributed by atoms with Crippen LogP contribution in [0.2, 0.25) is 0 Å². The average Bonchev–Trinajstić information content (AvgIpc) is 2.94. The van der Waals surface area contributed by atoms with Crippen molar-refractivity contribution in [1.82, 2.24) is 4.98 Å². The largest absolute Gasteiger partial charge is 0.398 e. The Hall–Kier alpha value is -1.88. The van der Waals surface area contributed by atoms with Gasteiger partial charge in [-0.1, -0.05) is 6.42 Å². The second kappa shape index (κ2) is 5.85. The van der Waals surface area contributed by atoms with Crippen molar-refractivity contribution in [3.05, 3.63) is 30.2 Å². The number of hydrogen-bond donors (Lipinski definition) is 3. The predicted octanol–water partition coefficient (Wildman–Crippen LogP) is 2.78. The van der Waals surface area contributed by atoms with Crippen LogP contribution in [0, 0.1) is 17.7 Å². The number of aliphatic hydroxyl groups is 1. The van der Waals surface area contributed by atoms with Crippen LogP contribution in [0.1, 0.15) is 19.3 Å². The molecule has 2 unspecified atom stereocenters. The van der Waals surface area contributed by atoms with Crippen molar-refractivity contribution in [2.45, 2.75) is 19.3 Å². The first kappa shape index (κ1) is 14.1. The van der Waals surface area contributed by atoms with Gasteiger partial charge >= 0.3 is 0 Å². The lowest BCUT2D eigenvalue weighted by molar-refractivity contribution is 0.199. The van der Waals surface area contributed by atoms with E-state index in [2.05, 4.69) is 10.3 Å². The number of nitrogens with zero attached hydrogens (tertiary/aromatic N) is 1. The molecule has 0 spiro atoms. The molecule has 21 heavy (non-hydrogen) atoms. The van der Waals surface area contributed by atoms with Gasteiger partial charge in [0.1, 0.15) is 0 Å². The number of aromatic nitrogens is 1. The molecule has 1 heterocycles. The SMILES string of the molecule is Nc1cc(F)c(NCC2CCCC2CO)c2ncccc12. The molecule has 1 aliphatic rings. The molecular formula is C16H20FN3O. The summed E-state index contributed by atoms with van der Waals surface area (Å²) in [7, 11) is 0. The maximum atomic E-state index is 14.2. The summed E-state index contributed by atoms with van der Waals surface area (Å²) in [4.78, 5) is 4.26. The third kappa shape index (κ3) is 2.65. The van der Waals surface area contributed by atoms with Gasteiger partial charge in [-0.15, -0.1) is 0 Å². The van der Waals surface area contributed by atoms with E-state index in [1.165, 1.54) is 6.07 Å². The van der Waals surface area contributed by atoms with E-state index in [1.807, 2.05) is 6.07 Å². The van der Waals surface area contributed by atoms with Crippen LogP contribution >= 0.6 is 0 Å².